The van der Waals surface area contributed by atoms with Gasteiger partial charge in [0.2, 0.25) is 5.91 Å². The zero-order valence-electron chi connectivity index (χ0n) is 14.7. The molecule has 0 saturated carbocycles. The molecule has 1 aliphatic rings. The minimum absolute atomic E-state index is 0.0369. The summed E-state index contributed by atoms with van der Waals surface area (Å²) in [5.74, 6) is 5.85. The van der Waals surface area contributed by atoms with Gasteiger partial charge < -0.3 is 5.73 Å². The Bertz CT molecular complexity index is 921. The van der Waals surface area contributed by atoms with E-state index in [9.17, 15) is 4.79 Å². The van der Waals surface area contributed by atoms with Gasteiger partial charge in [-0.2, -0.15) is 0 Å². The van der Waals surface area contributed by atoms with Crippen LogP contribution in [0.1, 0.15) is 31.2 Å². The number of hydrogen-bond acceptors (Lipinski definition) is 5. The van der Waals surface area contributed by atoms with Gasteiger partial charge in [-0.3, -0.25) is 9.69 Å². The molecule has 2 atom stereocenters. The summed E-state index contributed by atoms with van der Waals surface area (Å²) in [5.41, 5.74) is 7.19. The number of amides is 1. The average Bonchev–Trinajstić information content (AvgIpc) is 3.10. The van der Waals surface area contributed by atoms with E-state index in [0.717, 1.165) is 21.0 Å². The summed E-state index contributed by atoms with van der Waals surface area (Å²) >= 11 is 1.53. The quantitative estimate of drug-likeness (QED) is 0.845. The number of guanidine groups is 1. The van der Waals surface area contributed by atoms with Crippen molar-refractivity contribution in [2.45, 2.75) is 26.3 Å². The van der Waals surface area contributed by atoms with Crippen LogP contribution in [0.25, 0.3) is 10.6 Å². The average molecular weight is 352 g/mol. The molecule has 1 aromatic carbocycles. The minimum atomic E-state index is -0.704. The van der Waals surface area contributed by atoms with E-state index in [-0.39, 0.29) is 17.8 Å². The van der Waals surface area contributed by atoms with E-state index in [2.05, 4.69) is 21.8 Å². The Hall–Kier alpha value is -2.65. The van der Waals surface area contributed by atoms with Crippen molar-refractivity contribution < 1.29 is 4.79 Å². The molecule has 1 unspecified atom stereocenters. The lowest BCUT2D eigenvalue weighted by Gasteiger charge is -2.37. The molecule has 128 valence electrons. The molecule has 0 fully saturated rings. The number of aromatic nitrogens is 1. The molecule has 2 heterocycles. The van der Waals surface area contributed by atoms with E-state index in [4.69, 9.17) is 5.73 Å². The Morgan fingerprint density at radius 3 is 2.88 bits per heavy atom. The first-order valence-electron chi connectivity index (χ1n) is 7.99. The second kappa shape index (κ2) is 6.34. The van der Waals surface area contributed by atoms with Gasteiger partial charge in [-0.25, -0.2) is 9.98 Å². The summed E-state index contributed by atoms with van der Waals surface area (Å²) < 4.78 is 0. The summed E-state index contributed by atoms with van der Waals surface area (Å²) in [6.07, 6.45) is 1.80. The maximum Gasteiger partial charge on any atom is 0.234 e. The van der Waals surface area contributed by atoms with Gasteiger partial charge >= 0.3 is 0 Å². The van der Waals surface area contributed by atoms with Gasteiger partial charge in [-0.15, -0.1) is 17.3 Å². The summed E-state index contributed by atoms with van der Waals surface area (Å²) in [4.78, 5) is 23.9. The van der Waals surface area contributed by atoms with Crippen molar-refractivity contribution in [2.75, 3.05) is 7.05 Å². The topological polar surface area (TPSA) is 71.6 Å². The molecule has 2 N–H and O–H groups in total. The van der Waals surface area contributed by atoms with E-state index in [1.54, 1.807) is 13.2 Å². The molecular weight excluding hydrogens is 332 g/mol. The van der Waals surface area contributed by atoms with Crippen molar-refractivity contribution in [2.24, 2.45) is 16.6 Å². The Kier molecular flexibility index (Phi) is 4.36. The Labute approximate surface area is 151 Å². The van der Waals surface area contributed by atoms with Crippen molar-refractivity contribution in [1.82, 2.24) is 9.88 Å². The fourth-order valence-electron chi connectivity index (χ4n) is 2.84. The van der Waals surface area contributed by atoms with Gasteiger partial charge in [0.05, 0.1) is 10.8 Å². The molecule has 3 rings (SSSR count). The zero-order chi connectivity index (χ0) is 18.2. The maximum absolute atomic E-state index is 12.5. The number of rotatable bonds is 2. The number of thiazole rings is 1. The number of benzene rings is 1. The number of carbonyl (C=O) groups excluding carboxylic acids is 1. The van der Waals surface area contributed by atoms with Crippen molar-refractivity contribution in [1.29, 1.82) is 0 Å². The van der Waals surface area contributed by atoms with Crippen molar-refractivity contribution >= 4 is 23.2 Å². The summed E-state index contributed by atoms with van der Waals surface area (Å²) in [7, 11) is 1.65. The first kappa shape index (κ1) is 17.2. The van der Waals surface area contributed by atoms with Crippen molar-refractivity contribution in [3.8, 4) is 22.4 Å². The summed E-state index contributed by atoms with van der Waals surface area (Å²) in [6, 6.07) is 7.96. The van der Waals surface area contributed by atoms with E-state index < -0.39 is 5.54 Å². The minimum Gasteiger partial charge on any atom is -0.369 e. The Morgan fingerprint density at radius 2 is 2.16 bits per heavy atom. The van der Waals surface area contributed by atoms with Crippen LogP contribution < -0.4 is 5.73 Å². The Morgan fingerprint density at radius 1 is 1.40 bits per heavy atom. The van der Waals surface area contributed by atoms with Crippen LogP contribution in [0.2, 0.25) is 0 Å². The van der Waals surface area contributed by atoms with Crippen LogP contribution in [0, 0.1) is 17.8 Å². The van der Waals surface area contributed by atoms with Gasteiger partial charge in [0.15, 0.2) is 5.96 Å². The van der Waals surface area contributed by atoms with Crippen molar-refractivity contribution in [3.63, 3.8) is 0 Å². The molecule has 1 aromatic heterocycles. The fourth-order valence-corrected chi connectivity index (χ4v) is 3.93. The van der Waals surface area contributed by atoms with Gasteiger partial charge in [0.1, 0.15) is 10.5 Å². The van der Waals surface area contributed by atoms with Gasteiger partial charge in [0.25, 0.3) is 0 Å². The SMILES string of the molecule is CC#Cc1cccc(-c2ncc([C@@]3(C)N=C(N)N(C)C(=O)C3C)s2)c1. The van der Waals surface area contributed by atoms with Crippen LogP contribution in [0.15, 0.2) is 35.5 Å². The molecule has 0 saturated heterocycles. The van der Waals surface area contributed by atoms with E-state index >= 15 is 0 Å². The molecule has 1 aliphatic heterocycles. The van der Waals surface area contributed by atoms with Crippen LogP contribution in [0.3, 0.4) is 0 Å². The third-order valence-electron chi connectivity index (χ3n) is 4.62. The summed E-state index contributed by atoms with van der Waals surface area (Å²) in [5, 5.41) is 0.878. The molecule has 0 bridgehead atoms. The molecule has 2 aromatic rings. The van der Waals surface area contributed by atoms with Crippen LogP contribution in [0.5, 0.6) is 0 Å². The summed E-state index contributed by atoms with van der Waals surface area (Å²) in [6.45, 7) is 5.63. The lowest BCUT2D eigenvalue weighted by molar-refractivity contribution is -0.133. The van der Waals surface area contributed by atoms with E-state index in [0.29, 0.717) is 0 Å². The highest BCUT2D eigenvalue weighted by Gasteiger charge is 2.44. The second-order valence-electron chi connectivity index (χ2n) is 6.22. The highest BCUT2D eigenvalue weighted by Crippen LogP contribution is 2.41. The smallest absolute Gasteiger partial charge is 0.234 e. The number of nitrogens with zero attached hydrogens (tertiary/aromatic N) is 3. The van der Waals surface area contributed by atoms with E-state index in [1.165, 1.54) is 16.2 Å². The third kappa shape index (κ3) is 2.92. The molecule has 0 spiro atoms. The lowest BCUT2D eigenvalue weighted by atomic mass is 9.84. The molecule has 5 nitrogen and oxygen atoms in total. The van der Waals surface area contributed by atoms with Gasteiger partial charge in [0, 0.05) is 24.4 Å². The Balaban J connectivity index is 2.02. The normalized spacial score (nSPS) is 23.0. The van der Waals surface area contributed by atoms with Crippen LogP contribution >= 0.6 is 11.3 Å². The highest BCUT2D eigenvalue weighted by atomic mass is 32.1. The molecule has 1 amide bonds. The number of hydrogen-bond donors (Lipinski definition) is 1. The predicted molar refractivity (Wildman–Crippen MR) is 101 cm³/mol. The zero-order valence-corrected chi connectivity index (χ0v) is 15.5. The number of nitrogens with two attached hydrogens (primary N) is 1. The van der Waals surface area contributed by atoms with Crippen LogP contribution in [-0.2, 0) is 10.3 Å². The van der Waals surface area contributed by atoms with Crippen LogP contribution in [0.4, 0.5) is 0 Å². The first-order chi connectivity index (χ1) is 11.9. The molecule has 0 aliphatic carbocycles. The lowest BCUT2D eigenvalue weighted by Crippen LogP contribution is -2.52. The third-order valence-corrected chi connectivity index (χ3v) is 5.89. The highest BCUT2D eigenvalue weighted by molar-refractivity contribution is 7.15. The van der Waals surface area contributed by atoms with Crippen molar-refractivity contribution in [3.05, 3.63) is 40.9 Å². The maximum atomic E-state index is 12.5. The molecule has 25 heavy (non-hydrogen) atoms. The monoisotopic (exact) mass is 352 g/mol. The largest absolute Gasteiger partial charge is 0.369 e. The van der Waals surface area contributed by atoms with Gasteiger partial charge in [-0.1, -0.05) is 25.0 Å². The second-order valence-corrected chi connectivity index (χ2v) is 7.25. The standard InChI is InChI=1S/C19H20N4OS/c1-5-7-13-8-6-9-14(10-13)16-21-11-15(25-16)19(3)12(2)17(24)23(4)18(20)22-19/h6,8-12H,1-4H3,(H2,20,22)/t12?,19-/m0/s1. The fraction of sp³-hybridized carbons (Fsp3) is 0.316. The van der Waals surface area contributed by atoms with Crippen LogP contribution in [-0.4, -0.2) is 28.8 Å². The number of carbonyl (C=O) groups is 1. The molecule has 0 radical (unpaired) electrons. The van der Waals surface area contributed by atoms with Gasteiger partial charge in [-0.05, 0) is 26.0 Å². The van der Waals surface area contributed by atoms with E-state index in [1.807, 2.05) is 45.0 Å². The molecular formula is C19H20N4OS. The number of aliphatic imine (C=N–C) groups is 1. The molecule has 6 heteroatoms. The first-order valence-corrected chi connectivity index (χ1v) is 8.81. The predicted octanol–water partition coefficient (Wildman–Crippen LogP) is 2.82.